The van der Waals surface area contributed by atoms with Gasteiger partial charge in [-0.25, -0.2) is 13.8 Å². The molecule has 0 aromatic heterocycles. The molecule has 0 atom stereocenters. The predicted octanol–water partition coefficient (Wildman–Crippen LogP) is 6.70. The van der Waals surface area contributed by atoms with E-state index in [2.05, 4.69) is 4.99 Å². The van der Waals surface area contributed by atoms with Crippen LogP contribution in [0.2, 0.25) is 0 Å². The lowest BCUT2D eigenvalue weighted by Crippen LogP contribution is -2.00. The molecule has 0 radical (unpaired) electrons. The van der Waals surface area contributed by atoms with Crippen LogP contribution in [0.25, 0.3) is 0 Å². The molecule has 0 aliphatic heterocycles. The first kappa shape index (κ1) is 18.1. The van der Waals surface area contributed by atoms with Crippen molar-refractivity contribution >= 4 is 23.2 Å². The SMILES string of the molecule is Cc1ccccc1N=C(/C=C/Sc1ccc(F)cc1)c1ccccc1F. The van der Waals surface area contributed by atoms with E-state index in [1.807, 2.05) is 36.6 Å². The van der Waals surface area contributed by atoms with Crippen LogP contribution in [0.1, 0.15) is 11.1 Å². The van der Waals surface area contributed by atoms with Crippen molar-refractivity contribution in [3.05, 3.63) is 107 Å². The number of hydrogen-bond acceptors (Lipinski definition) is 2. The second-order valence-corrected chi connectivity index (χ2v) is 6.62. The Balaban J connectivity index is 1.93. The van der Waals surface area contributed by atoms with Gasteiger partial charge in [-0.2, -0.15) is 0 Å². The van der Waals surface area contributed by atoms with Crippen molar-refractivity contribution in [2.24, 2.45) is 4.99 Å². The van der Waals surface area contributed by atoms with Gasteiger partial charge in [0.05, 0.1) is 11.4 Å². The summed E-state index contributed by atoms with van der Waals surface area (Å²) in [7, 11) is 0. The van der Waals surface area contributed by atoms with Gasteiger partial charge in [0.15, 0.2) is 0 Å². The minimum absolute atomic E-state index is 0.272. The zero-order valence-electron chi connectivity index (χ0n) is 14.2. The molecule has 0 amide bonds. The van der Waals surface area contributed by atoms with Crippen LogP contribution >= 0.6 is 11.8 Å². The molecule has 0 aliphatic carbocycles. The molecule has 0 fully saturated rings. The minimum Gasteiger partial charge on any atom is -0.248 e. The standard InChI is InChI=1S/C22H17F2NS/c1-16-6-2-5-9-21(16)25-22(19-7-3-4-8-20(19)24)14-15-26-18-12-10-17(23)11-13-18/h2-15H,1H3/b15-14+,25-22?. The number of aliphatic imine (C=N–C) groups is 1. The first-order valence-electron chi connectivity index (χ1n) is 8.11. The summed E-state index contributed by atoms with van der Waals surface area (Å²) in [5.41, 5.74) is 2.78. The van der Waals surface area contributed by atoms with Crippen molar-refractivity contribution in [1.29, 1.82) is 0 Å². The van der Waals surface area contributed by atoms with E-state index >= 15 is 0 Å². The second kappa shape index (κ2) is 8.59. The fourth-order valence-corrected chi connectivity index (χ4v) is 3.01. The minimum atomic E-state index is -0.323. The van der Waals surface area contributed by atoms with Gasteiger partial charge in [0.2, 0.25) is 0 Å². The molecular weight excluding hydrogens is 348 g/mol. The summed E-state index contributed by atoms with van der Waals surface area (Å²) < 4.78 is 27.3. The van der Waals surface area contributed by atoms with E-state index in [0.717, 1.165) is 16.1 Å². The maximum atomic E-state index is 14.3. The average molecular weight is 365 g/mol. The molecule has 0 saturated carbocycles. The van der Waals surface area contributed by atoms with Gasteiger partial charge in [-0.3, -0.25) is 0 Å². The Morgan fingerprint density at radius 2 is 1.58 bits per heavy atom. The molecule has 0 saturated heterocycles. The summed E-state index contributed by atoms with van der Waals surface area (Å²) in [4.78, 5) is 5.55. The lowest BCUT2D eigenvalue weighted by Gasteiger charge is -2.06. The van der Waals surface area contributed by atoms with E-state index in [1.165, 1.54) is 30.0 Å². The maximum absolute atomic E-state index is 14.3. The van der Waals surface area contributed by atoms with Crippen molar-refractivity contribution < 1.29 is 8.78 Å². The highest BCUT2D eigenvalue weighted by molar-refractivity contribution is 8.02. The molecular formula is C22H17F2NS. The molecule has 3 aromatic carbocycles. The van der Waals surface area contributed by atoms with Crippen molar-refractivity contribution in [2.75, 3.05) is 0 Å². The van der Waals surface area contributed by atoms with Crippen LogP contribution in [0.15, 0.2) is 94.2 Å². The third-order valence-electron chi connectivity index (χ3n) is 3.75. The van der Waals surface area contributed by atoms with Crippen molar-refractivity contribution in [3.8, 4) is 0 Å². The first-order valence-corrected chi connectivity index (χ1v) is 8.99. The van der Waals surface area contributed by atoms with Crippen molar-refractivity contribution in [1.82, 2.24) is 0 Å². The number of benzene rings is 3. The molecule has 0 N–H and O–H groups in total. The molecule has 0 aliphatic rings. The number of aryl methyl sites for hydroxylation is 1. The van der Waals surface area contributed by atoms with E-state index in [1.54, 1.807) is 36.4 Å². The highest BCUT2D eigenvalue weighted by Crippen LogP contribution is 2.23. The van der Waals surface area contributed by atoms with E-state index < -0.39 is 0 Å². The molecule has 0 unspecified atom stereocenters. The number of allylic oxidation sites excluding steroid dienone is 1. The van der Waals surface area contributed by atoms with Crippen LogP contribution in [-0.2, 0) is 0 Å². The zero-order valence-corrected chi connectivity index (χ0v) is 15.0. The van der Waals surface area contributed by atoms with Gasteiger partial charge < -0.3 is 0 Å². The van der Waals surface area contributed by atoms with Gasteiger partial charge in [0, 0.05) is 10.5 Å². The van der Waals surface area contributed by atoms with Gasteiger partial charge in [0.25, 0.3) is 0 Å². The first-order chi connectivity index (χ1) is 12.6. The Kier molecular flexibility index (Phi) is 5.97. The van der Waals surface area contributed by atoms with Crippen LogP contribution in [0.4, 0.5) is 14.5 Å². The molecule has 3 aromatic rings. The van der Waals surface area contributed by atoms with Crippen LogP contribution in [0, 0.1) is 18.6 Å². The fraction of sp³-hybridized carbons (Fsp3) is 0.0455. The molecule has 0 spiro atoms. The van der Waals surface area contributed by atoms with Crippen LogP contribution < -0.4 is 0 Å². The van der Waals surface area contributed by atoms with E-state index in [4.69, 9.17) is 0 Å². The number of rotatable bonds is 5. The summed E-state index contributed by atoms with van der Waals surface area (Å²) >= 11 is 1.42. The molecule has 130 valence electrons. The lowest BCUT2D eigenvalue weighted by atomic mass is 10.1. The summed E-state index contributed by atoms with van der Waals surface area (Å²) in [6.45, 7) is 1.97. The van der Waals surface area contributed by atoms with Gasteiger partial charge in [-0.15, -0.1) is 0 Å². The number of para-hydroxylation sites is 1. The Morgan fingerprint density at radius 1 is 0.885 bits per heavy atom. The summed E-state index contributed by atoms with van der Waals surface area (Å²) in [6, 6.07) is 20.5. The Morgan fingerprint density at radius 3 is 2.31 bits per heavy atom. The topological polar surface area (TPSA) is 12.4 Å². The zero-order chi connectivity index (χ0) is 18.4. The highest BCUT2D eigenvalue weighted by Gasteiger charge is 2.07. The average Bonchev–Trinajstić information content (AvgIpc) is 2.65. The van der Waals surface area contributed by atoms with Crippen molar-refractivity contribution in [3.63, 3.8) is 0 Å². The number of nitrogens with zero attached hydrogens (tertiary/aromatic N) is 1. The van der Waals surface area contributed by atoms with Gasteiger partial charge in [-0.05, 0) is 66.4 Å². The smallest absolute Gasteiger partial charge is 0.132 e. The summed E-state index contributed by atoms with van der Waals surface area (Å²) in [5.74, 6) is -0.595. The van der Waals surface area contributed by atoms with Gasteiger partial charge in [0.1, 0.15) is 11.6 Å². The highest BCUT2D eigenvalue weighted by atomic mass is 32.2. The molecule has 26 heavy (non-hydrogen) atoms. The summed E-state index contributed by atoms with van der Waals surface area (Å²) in [6.07, 6.45) is 1.78. The van der Waals surface area contributed by atoms with Gasteiger partial charge in [-0.1, -0.05) is 42.1 Å². The largest absolute Gasteiger partial charge is 0.248 e. The molecule has 0 heterocycles. The van der Waals surface area contributed by atoms with E-state index in [-0.39, 0.29) is 11.6 Å². The fourth-order valence-electron chi connectivity index (χ4n) is 2.37. The molecule has 3 rings (SSSR count). The van der Waals surface area contributed by atoms with E-state index in [0.29, 0.717) is 11.3 Å². The molecule has 1 nitrogen and oxygen atoms in total. The quantitative estimate of drug-likeness (QED) is 0.362. The third kappa shape index (κ3) is 4.67. The van der Waals surface area contributed by atoms with Crippen molar-refractivity contribution in [2.45, 2.75) is 11.8 Å². The monoisotopic (exact) mass is 365 g/mol. The molecule has 4 heteroatoms. The Hall–Kier alpha value is -2.72. The number of halogens is 2. The second-order valence-electron chi connectivity index (χ2n) is 5.64. The Labute approximate surface area is 156 Å². The van der Waals surface area contributed by atoms with Gasteiger partial charge >= 0.3 is 0 Å². The summed E-state index contributed by atoms with van der Waals surface area (Å²) in [5, 5.41) is 1.83. The maximum Gasteiger partial charge on any atom is 0.132 e. The van der Waals surface area contributed by atoms with E-state index in [9.17, 15) is 8.78 Å². The van der Waals surface area contributed by atoms with Crippen LogP contribution in [0.5, 0.6) is 0 Å². The third-order valence-corrected chi connectivity index (χ3v) is 4.57. The molecule has 0 bridgehead atoms. The van der Waals surface area contributed by atoms with Crippen LogP contribution in [-0.4, -0.2) is 5.71 Å². The normalized spacial score (nSPS) is 11.9. The van der Waals surface area contributed by atoms with Crippen LogP contribution in [0.3, 0.4) is 0 Å². The lowest BCUT2D eigenvalue weighted by molar-refractivity contribution is 0.625. The number of hydrogen-bond donors (Lipinski definition) is 0. The predicted molar refractivity (Wildman–Crippen MR) is 105 cm³/mol. The number of thioether (sulfide) groups is 1. The Bertz CT molecular complexity index is 946.